The van der Waals surface area contributed by atoms with Gasteiger partial charge in [-0.3, -0.25) is 19.8 Å². The maximum absolute atomic E-state index is 13.2. The van der Waals surface area contributed by atoms with Crippen LogP contribution in [0.1, 0.15) is 31.4 Å². The highest BCUT2D eigenvalue weighted by Gasteiger charge is 2.35. The van der Waals surface area contributed by atoms with Crippen LogP contribution in [0.25, 0.3) is 6.08 Å². The number of nitrogens with one attached hydrogen (secondary N) is 1. The summed E-state index contributed by atoms with van der Waals surface area (Å²) in [6.45, 7) is 8.64. The number of carbonyl (C=O) groups is 3. The van der Waals surface area contributed by atoms with Gasteiger partial charge in [-0.2, -0.15) is 0 Å². The molecule has 0 spiro atoms. The summed E-state index contributed by atoms with van der Waals surface area (Å²) in [4.78, 5) is 39.2. The number of carbonyl (C=O) groups excluding carboxylic acids is 3. The summed E-state index contributed by atoms with van der Waals surface area (Å²) in [5.74, 6) is 0.544. The molecule has 1 aliphatic heterocycles. The first-order chi connectivity index (χ1) is 17.4. The molecule has 190 valence electrons. The van der Waals surface area contributed by atoms with Crippen molar-refractivity contribution in [2.75, 3.05) is 26.9 Å². The molecule has 0 aromatic heterocycles. The largest absolute Gasteiger partial charge is 0.493 e. The number of hydrogen-bond donors (Lipinski definition) is 1. The van der Waals surface area contributed by atoms with Crippen molar-refractivity contribution in [3.63, 3.8) is 0 Å². The first kappa shape index (κ1) is 26.3. The number of nitrogens with zero attached hydrogens (tertiary/aromatic N) is 1. The molecule has 1 aliphatic rings. The minimum Gasteiger partial charge on any atom is -0.493 e. The van der Waals surface area contributed by atoms with E-state index in [4.69, 9.17) is 18.9 Å². The molecule has 1 heterocycles. The van der Waals surface area contributed by atoms with Crippen LogP contribution in [0.5, 0.6) is 23.0 Å². The summed E-state index contributed by atoms with van der Waals surface area (Å²) in [5.41, 5.74) is 0.998. The Hall–Kier alpha value is -4.27. The second kappa shape index (κ2) is 12.4. The van der Waals surface area contributed by atoms with E-state index >= 15 is 0 Å². The lowest BCUT2D eigenvalue weighted by Crippen LogP contribution is -2.53. The molecule has 1 fully saturated rings. The van der Waals surface area contributed by atoms with E-state index < -0.39 is 17.8 Å². The summed E-state index contributed by atoms with van der Waals surface area (Å²) in [7, 11) is 1.51. The molecule has 0 aliphatic carbocycles. The molecule has 0 saturated carbocycles. The van der Waals surface area contributed by atoms with Crippen molar-refractivity contribution in [3.05, 3.63) is 65.8 Å². The number of benzene rings is 2. The van der Waals surface area contributed by atoms with E-state index in [-0.39, 0.29) is 12.1 Å². The minimum atomic E-state index is -0.796. The fourth-order valence-electron chi connectivity index (χ4n) is 3.48. The van der Waals surface area contributed by atoms with E-state index in [1.54, 1.807) is 42.5 Å². The van der Waals surface area contributed by atoms with E-state index in [2.05, 4.69) is 11.9 Å². The predicted octanol–water partition coefficient (Wildman–Crippen LogP) is 4.11. The Balaban J connectivity index is 1.87. The third-order valence-electron chi connectivity index (χ3n) is 5.15. The third kappa shape index (κ3) is 6.24. The minimum absolute atomic E-state index is 0.0573. The molecule has 9 nitrogen and oxygen atoms in total. The molecule has 9 heteroatoms. The maximum Gasteiger partial charge on any atom is 0.331 e. The number of ether oxygens (including phenoxy) is 4. The second-order valence-corrected chi connectivity index (χ2v) is 7.78. The molecule has 1 N–H and O–H groups in total. The number of urea groups is 1. The molecule has 0 atom stereocenters. The number of barbiturate groups is 1. The van der Waals surface area contributed by atoms with E-state index in [0.29, 0.717) is 53.9 Å². The van der Waals surface area contributed by atoms with Crippen LogP contribution in [0.4, 0.5) is 4.79 Å². The Morgan fingerprint density at radius 3 is 2.39 bits per heavy atom. The zero-order valence-electron chi connectivity index (χ0n) is 20.7. The average Bonchev–Trinajstić information content (AvgIpc) is 2.87. The normalized spacial score (nSPS) is 14.5. The quantitative estimate of drug-likeness (QED) is 0.269. The lowest BCUT2D eigenvalue weighted by Gasteiger charge is -2.26. The zero-order valence-corrected chi connectivity index (χ0v) is 20.7. The second-order valence-electron chi connectivity index (χ2n) is 7.78. The number of amides is 4. The zero-order chi connectivity index (χ0) is 26.1. The van der Waals surface area contributed by atoms with Gasteiger partial charge in [-0.1, -0.05) is 31.7 Å². The van der Waals surface area contributed by atoms with Gasteiger partial charge in [0.15, 0.2) is 23.0 Å². The summed E-state index contributed by atoms with van der Waals surface area (Å²) < 4.78 is 22.3. The predicted molar refractivity (Wildman–Crippen MR) is 134 cm³/mol. The highest BCUT2D eigenvalue weighted by Crippen LogP contribution is 2.31. The Kier molecular flexibility index (Phi) is 9.10. The van der Waals surface area contributed by atoms with Crippen molar-refractivity contribution >= 4 is 23.9 Å². The first-order valence-corrected chi connectivity index (χ1v) is 11.6. The monoisotopic (exact) mass is 494 g/mol. The number of rotatable bonds is 12. The molecular formula is C27H30N2O7. The van der Waals surface area contributed by atoms with E-state index in [1.807, 2.05) is 13.8 Å². The Labute approximate surface area is 210 Å². The maximum atomic E-state index is 13.2. The van der Waals surface area contributed by atoms with Gasteiger partial charge in [0.1, 0.15) is 12.2 Å². The van der Waals surface area contributed by atoms with Crippen molar-refractivity contribution in [1.29, 1.82) is 0 Å². The lowest BCUT2D eigenvalue weighted by atomic mass is 10.1. The number of hydrogen-bond acceptors (Lipinski definition) is 7. The van der Waals surface area contributed by atoms with Crippen molar-refractivity contribution in [1.82, 2.24) is 10.2 Å². The molecule has 36 heavy (non-hydrogen) atoms. The Morgan fingerprint density at radius 2 is 1.69 bits per heavy atom. The molecule has 2 aromatic rings. The van der Waals surface area contributed by atoms with E-state index in [1.165, 1.54) is 13.2 Å². The van der Waals surface area contributed by atoms with Gasteiger partial charge in [0.25, 0.3) is 11.8 Å². The van der Waals surface area contributed by atoms with Crippen LogP contribution >= 0.6 is 0 Å². The summed E-state index contributed by atoms with van der Waals surface area (Å²) in [6, 6.07) is 9.40. The van der Waals surface area contributed by atoms with Crippen LogP contribution in [-0.4, -0.2) is 49.7 Å². The molecule has 0 bridgehead atoms. The molecule has 4 amide bonds. The van der Waals surface area contributed by atoms with Gasteiger partial charge in [-0.15, -0.1) is 0 Å². The number of methoxy groups -OCH3 is 1. The fraction of sp³-hybridized carbons (Fsp3) is 0.296. The van der Waals surface area contributed by atoms with Crippen LogP contribution in [0, 0.1) is 0 Å². The SMILES string of the molecule is C=CCOc1ccc(/C=C2\C(=O)NC(=O)N(Cc3ccc(OCCC)c(OC)c3)C2=O)cc1OCC. The molecule has 3 rings (SSSR count). The van der Waals surface area contributed by atoms with Gasteiger partial charge < -0.3 is 18.9 Å². The highest BCUT2D eigenvalue weighted by atomic mass is 16.5. The smallest absolute Gasteiger partial charge is 0.331 e. The van der Waals surface area contributed by atoms with Crippen LogP contribution in [0.3, 0.4) is 0 Å². The van der Waals surface area contributed by atoms with Crippen molar-refractivity contribution in [2.45, 2.75) is 26.8 Å². The Bertz CT molecular complexity index is 1170. The molecule has 2 aromatic carbocycles. The van der Waals surface area contributed by atoms with Gasteiger partial charge in [0, 0.05) is 0 Å². The van der Waals surface area contributed by atoms with E-state index in [9.17, 15) is 14.4 Å². The van der Waals surface area contributed by atoms with Crippen LogP contribution in [0.15, 0.2) is 54.6 Å². The van der Waals surface area contributed by atoms with Gasteiger partial charge in [-0.05, 0) is 54.8 Å². The average molecular weight is 495 g/mol. The highest BCUT2D eigenvalue weighted by molar-refractivity contribution is 6.30. The molecular weight excluding hydrogens is 464 g/mol. The number of imide groups is 2. The standard InChI is InChI=1S/C27H30N2O7/c1-5-12-35-21-11-9-19(16-23(21)33-4)17-29-26(31)20(25(30)28-27(29)32)14-18-8-10-22(36-13-6-2)24(15-18)34-7-3/h6,8-11,14-16H,2,5,7,12-13,17H2,1,3-4H3,(H,28,30,32)/b20-14+. The van der Waals surface area contributed by atoms with Gasteiger partial charge in [0.05, 0.1) is 26.9 Å². The van der Waals surface area contributed by atoms with Crippen LogP contribution < -0.4 is 24.3 Å². The topological polar surface area (TPSA) is 103 Å². The van der Waals surface area contributed by atoms with Crippen LogP contribution in [-0.2, 0) is 16.1 Å². The lowest BCUT2D eigenvalue weighted by molar-refractivity contribution is -0.130. The molecule has 0 unspecified atom stereocenters. The van der Waals surface area contributed by atoms with E-state index in [0.717, 1.165) is 11.3 Å². The fourth-order valence-corrected chi connectivity index (χ4v) is 3.48. The summed E-state index contributed by atoms with van der Waals surface area (Å²) >= 11 is 0. The van der Waals surface area contributed by atoms with Crippen LogP contribution in [0.2, 0.25) is 0 Å². The molecule has 0 radical (unpaired) electrons. The molecule has 1 saturated heterocycles. The Morgan fingerprint density at radius 1 is 0.944 bits per heavy atom. The van der Waals surface area contributed by atoms with Gasteiger partial charge in [-0.25, -0.2) is 4.79 Å². The van der Waals surface area contributed by atoms with Crippen molar-refractivity contribution in [2.24, 2.45) is 0 Å². The van der Waals surface area contributed by atoms with Crippen molar-refractivity contribution in [3.8, 4) is 23.0 Å². The van der Waals surface area contributed by atoms with Gasteiger partial charge >= 0.3 is 6.03 Å². The van der Waals surface area contributed by atoms with Crippen molar-refractivity contribution < 1.29 is 33.3 Å². The summed E-state index contributed by atoms with van der Waals surface area (Å²) in [6.07, 6.45) is 3.87. The summed E-state index contributed by atoms with van der Waals surface area (Å²) in [5, 5.41) is 2.23. The third-order valence-corrected chi connectivity index (χ3v) is 5.15. The van der Waals surface area contributed by atoms with Gasteiger partial charge in [0.2, 0.25) is 0 Å². The first-order valence-electron chi connectivity index (χ1n) is 11.6.